The molecule has 20 heavy (non-hydrogen) atoms. The maximum Gasteiger partial charge on any atom is 0.244 e. The van der Waals surface area contributed by atoms with Crippen LogP contribution in [-0.4, -0.2) is 32.8 Å². The third-order valence-electron chi connectivity index (χ3n) is 3.24. The van der Waals surface area contributed by atoms with Crippen molar-refractivity contribution in [3.05, 3.63) is 22.7 Å². The van der Waals surface area contributed by atoms with Crippen LogP contribution < -0.4 is 9.46 Å². The van der Waals surface area contributed by atoms with Crippen LogP contribution in [-0.2, 0) is 10.0 Å². The molecule has 0 aliphatic rings. The van der Waals surface area contributed by atoms with Gasteiger partial charge >= 0.3 is 0 Å². The van der Waals surface area contributed by atoms with Gasteiger partial charge in [0.2, 0.25) is 10.0 Å². The molecule has 0 spiro atoms. The molecule has 1 atom stereocenters. The van der Waals surface area contributed by atoms with Crippen molar-refractivity contribution in [2.75, 3.05) is 13.7 Å². The summed E-state index contributed by atoms with van der Waals surface area (Å²) in [5.74, 6) is 0.281. The summed E-state index contributed by atoms with van der Waals surface area (Å²) in [6, 6.07) is 4.80. The Morgan fingerprint density at radius 2 is 2.10 bits per heavy atom. The van der Waals surface area contributed by atoms with E-state index in [1.165, 1.54) is 13.2 Å². The number of hydrogen-bond acceptors (Lipinski definition) is 4. The molecule has 0 saturated carbocycles. The Bertz CT molecular complexity index is 561. The molecule has 2 N–H and O–H groups in total. The quantitative estimate of drug-likeness (QED) is 0.777. The molecular formula is C13H20BrNO4S. The molecule has 0 aliphatic heterocycles. The van der Waals surface area contributed by atoms with E-state index in [0.717, 1.165) is 0 Å². The van der Waals surface area contributed by atoms with Gasteiger partial charge in [-0.15, -0.1) is 0 Å². The molecular weight excluding hydrogens is 346 g/mol. The second-order valence-corrected chi connectivity index (χ2v) is 7.36. The first-order chi connectivity index (χ1) is 9.28. The van der Waals surface area contributed by atoms with E-state index in [-0.39, 0.29) is 17.3 Å². The third-order valence-corrected chi connectivity index (χ3v) is 5.39. The van der Waals surface area contributed by atoms with Gasteiger partial charge < -0.3 is 9.84 Å². The van der Waals surface area contributed by atoms with Gasteiger partial charge in [0, 0.05) is 16.6 Å². The second kappa shape index (κ2) is 6.89. The molecule has 0 fully saturated rings. The highest BCUT2D eigenvalue weighted by atomic mass is 79.9. The summed E-state index contributed by atoms with van der Waals surface area (Å²) >= 11 is 3.26. The monoisotopic (exact) mass is 365 g/mol. The van der Waals surface area contributed by atoms with E-state index >= 15 is 0 Å². The number of aliphatic hydroxyl groups excluding tert-OH is 1. The molecule has 1 unspecified atom stereocenters. The average molecular weight is 366 g/mol. The summed E-state index contributed by atoms with van der Waals surface area (Å²) in [6.45, 7) is 3.56. The molecule has 114 valence electrons. The summed E-state index contributed by atoms with van der Waals surface area (Å²) in [4.78, 5) is 0.0759. The number of benzene rings is 1. The van der Waals surface area contributed by atoms with E-state index in [1.807, 2.05) is 6.92 Å². The van der Waals surface area contributed by atoms with E-state index in [0.29, 0.717) is 17.3 Å². The van der Waals surface area contributed by atoms with Gasteiger partial charge in [-0.05, 0) is 38.0 Å². The maximum atomic E-state index is 12.5. The van der Waals surface area contributed by atoms with E-state index in [9.17, 15) is 8.42 Å². The number of nitrogens with one attached hydrogen (secondary N) is 1. The Hall–Kier alpha value is -0.630. The largest absolute Gasteiger partial charge is 0.495 e. The lowest BCUT2D eigenvalue weighted by atomic mass is 9.97. The van der Waals surface area contributed by atoms with Crippen LogP contribution in [0.4, 0.5) is 0 Å². The van der Waals surface area contributed by atoms with Crippen molar-refractivity contribution in [1.29, 1.82) is 0 Å². The molecule has 0 aliphatic carbocycles. The first-order valence-corrected chi connectivity index (χ1v) is 8.54. The van der Waals surface area contributed by atoms with E-state index < -0.39 is 15.6 Å². The SMILES string of the molecule is CCC(C)(CCO)NS(=O)(=O)c1cc(Br)ccc1OC. The van der Waals surface area contributed by atoms with Crippen LogP contribution in [0.15, 0.2) is 27.6 Å². The van der Waals surface area contributed by atoms with E-state index in [1.54, 1.807) is 19.1 Å². The van der Waals surface area contributed by atoms with Crippen LogP contribution in [0.1, 0.15) is 26.7 Å². The summed E-state index contributed by atoms with van der Waals surface area (Å²) in [5.41, 5.74) is -0.694. The normalized spacial score (nSPS) is 14.8. The summed E-state index contributed by atoms with van der Waals surface area (Å²) in [5, 5.41) is 9.08. The highest BCUT2D eigenvalue weighted by Crippen LogP contribution is 2.29. The van der Waals surface area contributed by atoms with Gasteiger partial charge in [-0.3, -0.25) is 0 Å². The second-order valence-electron chi connectivity index (χ2n) is 4.79. The number of hydrogen-bond donors (Lipinski definition) is 2. The van der Waals surface area contributed by atoms with Crippen LogP contribution in [0.5, 0.6) is 5.75 Å². The smallest absolute Gasteiger partial charge is 0.244 e. The fraction of sp³-hybridized carbons (Fsp3) is 0.538. The van der Waals surface area contributed by atoms with Gasteiger partial charge in [-0.25, -0.2) is 13.1 Å². The fourth-order valence-corrected chi connectivity index (χ4v) is 4.00. The van der Waals surface area contributed by atoms with Crippen LogP contribution in [0.3, 0.4) is 0 Å². The molecule has 1 aromatic rings. The van der Waals surface area contributed by atoms with Crippen LogP contribution >= 0.6 is 15.9 Å². The summed E-state index contributed by atoms with van der Waals surface area (Å²) < 4.78 is 33.4. The van der Waals surface area contributed by atoms with Crippen molar-refractivity contribution in [3.63, 3.8) is 0 Å². The van der Waals surface area contributed by atoms with Crippen molar-refractivity contribution >= 4 is 26.0 Å². The molecule has 1 rings (SSSR count). The lowest BCUT2D eigenvalue weighted by Crippen LogP contribution is -2.46. The van der Waals surface area contributed by atoms with Crippen LogP contribution in [0.25, 0.3) is 0 Å². The minimum Gasteiger partial charge on any atom is -0.495 e. The Kier molecular flexibility index (Phi) is 6.00. The standard InChI is InChI=1S/C13H20BrNO4S/c1-4-13(2,7-8-16)15-20(17,18)12-9-10(14)5-6-11(12)19-3/h5-6,9,15-16H,4,7-8H2,1-3H3. The Morgan fingerprint density at radius 1 is 1.45 bits per heavy atom. The van der Waals surface area contributed by atoms with Crippen LogP contribution in [0.2, 0.25) is 0 Å². The van der Waals surface area contributed by atoms with Gasteiger partial charge in [-0.2, -0.15) is 0 Å². The van der Waals surface area contributed by atoms with E-state index in [2.05, 4.69) is 20.7 Å². The predicted molar refractivity (Wildman–Crippen MR) is 81.4 cm³/mol. The van der Waals surface area contributed by atoms with Gasteiger partial charge in [0.15, 0.2) is 0 Å². The highest BCUT2D eigenvalue weighted by molar-refractivity contribution is 9.10. The number of rotatable bonds is 7. The summed E-state index contributed by atoms with van der Waals surface area (Å²) in [6.07, 6.45) is 0.919. The molecule has 0 radical (unpaired) electrons. The van der Waals surface area contributed by atoms with Gasteiger partial charge in [-0.1, -0.05) is 22.9 Å². The predicted octanol–water partition coefficient (Wildman–Crippen LogP) is 2.29. The minimum absolute atomic E-state index is 0.0759. The molecule has 0 bridgehead atoms. The van der Waals surface area contributed by atoms with Gasteiger partial charge in [0.05, 0.1) is 7.11 Å². The zero-order valence-corrected chi connectivity index (χ0v) is 14.2. The van der Waals surface area contributed by atoms with Crippen molar-refractivity contribution < 1.29 is 18.3 Å². The third kappa shape index (κ3) is 4.18. The Balaban J connectivity index is 3.20. The Labute approximate surface area is 128 Å². The molecule has 7 heteroatoms. The number of sulfonamides is 1. The lowest BCUT2D eigenvalue weighted by Gasteiger charge is -2.28. The topological polar surface area (TPSA) is 75.6 Å². The molecule has 5 nitrogen and oxygen atoms in total. The van der Waals surface area contributed by atoms with Crippen LogP contribution in [0, 0.1) is 0 Å². The van der Waals surface area contributed by atoms with Gasteiger partial charge in [0.25, 0.3) is 0 Å². The maximum absolute atomic E-state index is 12.5. The number of ether oxygens (including phenoxy) is 1. The highest BCUT2D eigenvalue weighted by Gasteiger charge is 2.30. The molecule has 0 heterocycles. The molecule has 1 aromatic carbocycles. The molecule has 0 amide bonds. The average Bonchev–Trinajstić information content (AvgIpc) is 2.38. The van der Waals surface area contributed by atoms with Crippen molar-refractivity contribution in [1.82, 2.24) is 4.72 Å². The van der Waals surface area contributed by atoms with Crippen molar-refractivity contribution in [2.45, 2.75) is 37.1 Å². The number of halogens is 1. The lowest BCUT2D eigenvalue weighted by molar-refractivity contribution is 0.233. The minimum atomic E-state index is -3.73. The number of methoxy groups -OCH3 is 1. The number of aliphatic hydroxyl groups is 1. The summed E-state index contributed by atoms with van der Waals surface area (Å²) in [7, 11) is -2.31. The zero-order chi connectivity index (χ0) is 15.4. The van der Waals surface area contributed by atoms with Crippen molar-refractivity contribution in [3.8, 4) is 5.75 Å². The van der Waals surface area contributed by atoms with Crippen molar-refractivity contribution in [2.24, 2.45) is 0 Å². The fourth-order valence-electron chi connectivity index (χ4n) is 1.79. The first kappa shape index (κ1) is 17.4. The molecule has 0 saturated heterocycles. The van der Waals surface area contributed by atoms with E-state index in [4.69, 9.17) is 9.84 Å². The molecule has 0 aromatic heterocycles. The Morgan fingerprint density at radius 3 is 2.60 bits per heavy atom. The zero-order valence-electron chi connectivity index (χ0n) is 11.8. The first-order valence-electron chi connectivity index (χ1n) is 6.26. The van der Waals surface area contributed by atoms with Gasteiger partial charge in [0.1, 0.15) is 10.6 Å².